The number of aryl methyl sites for hydroxylation is 2. The number of hydrogen-bond acceptors (Lipinski definition) is 3. The average molecular weight is 292 g/mol. The fourth-order valence-electron chi connectivity index (χ4n) is 2.41. The predicted molar refractivity (Wildman–Crippen MR) is 87.6 cm³/mol. The van der Waals surface area contributed by atoms with Crippen molar-refractivity contribution in [2.75, 3.05) is 25.0 Å². The van der Waals surface area contributed by atoms with Crippen molar-refractivity contribution in [2.45, 2.75) is 46.6 Å². The summed E-state index contributed by atoms with van der Waals surface area (Å²) in [6, 6.07) is 6.05. The molecule has 0 aliphatic rings. The molecule has 4 nitrogen and oxygen atoms in total. The van der Waals surface area contributed by atoms with Crippen molar-refractivity contribution >= 4 is 11.6 Å². The second kappa shape index (κ2) is 7.57. The Morgan fingerprint density at radius 3 is 2.52 bits per heavy atom. The molecule has 0 aliphatic carbocycles. The Bertz CT molecular complexity index is 484. The van der Waals surface area contributed by atoms with Crippen molar-refractivity contribution in [3.05, 3.63) is 29.3 Å². The summed E-state index contributed by atoms with van der Waals surface area (Å²) in [7, 11) is 0. The average Bonchev–Trinajstić information content (AvgIpc) is 2.46. The van der Waals surface area contributed by atoms with Crippen molar-refractivity contribution in [3.63, 3.8) is 0 Å². The Kier molecular flexibility index (Phi) is 6.37. The van der Waals surface area contributed by atoms with E-state index in [0.717, 1.165) is 29.8 Å². The van der Waals surface area contributed by atoms with Crippen LogP contribution in [0.1, 0.15) is 38.8 Å². The van der Waals surface area contributed by atoms with Crippen LogP contribution in [0.5, 0.6) is 0 Å². The quantitative estimate of drug-likeness (QED) is 0.812. The molecule has 1 aromatic rings. The van der Waals surface area contributed by atoms with E-state index in [0.29, 0.717) is 0 Å². The van der Waals surface area contributed by atoms with Gasteiger partial charge in [-0.2, -0.15) is 0 Å². The topological polar surface area (TPSA) is 52.6 Å². The fraction of sp³-hybridized carbons (Fsp3) is 0.588. The molecular weight excluding hydrogens is 264 g/mol. The van der Waals surface area contributed by atoms with Crippen LogP contribution in [0.15, 0.2) is 18.2 Å². The smallest absolute Gasteiger partial charge is 0.238 e. The maximum Gasteiger partial charge on any atom is 0.238 e. The number of carbonyl (C=O) groups excluding carboxylic acids is 1. The van der Waals surface area contributed by atoms with Gasteiger partial charge in [0.05, 0.1) is 13.2 Å². The molecule has 0 saturated heterocycles. The normalized spacial score (nSPS) is 11.8. The largest absolute Gasteiger partial charge is 0.394 e. The number of anilines is 1. The summed E-state index contributed by atoms with van der Waals surface area (Å²) < 4.78 is 0. The zero-order valence-electron chi connectivity index (χ0n) is 13.9. The molecule has 2 N–H and O–H groups in total. The number of benzene rings is 1. The molecule has 0 heterocycles. The van der Waals surface area contributed by atoms with E-state index in [1.165, 1.54) is 0 Å². The number of amides is 1. The summed E-state index contributed by atoms with van der Waals surface area (Å²) in [4.78, 5) is 14.3. The van der Waals surface area contributed by atoms with Crippen LogP contribution in [0.25, 0.3) is 0 Å². The first-order valence-electron chi connectivity index (χ1n) is 7.60. The lowest BCUT2D eigenvalue weighted by molar-refractivity contribution is -0.119. The van der Waals surface area contributed by atoms with Crippen molar-refractivity contribution in [3.8, 4) is 0 Å². The second-order valence-electron chi connectivity index (χ2n) is 6.00. The Balaban J connectivity index is 2.83. The zero-order chi connectivity index (χ0) is 16.0. The monoisotopic (exact) mass is 292 g/mol. The molecule has 0 spiro atoms. The first kappa shape index (κ1) is 17.7. The highest BCUT2D eigenvalue weighted by Gasteiger charge is 2.26. The third-order valence-electron chi connectivity index (χ3n) is 3.96. The Morgan fingerprint density at radius 2 is 2.00 bits per heavy atom. The number of nitrogens with zero attached hydrogens (tertiary/aromatic N) is 1. The highest BCUT2D eigenvalue weighted by molar-refractivity contribution is 5.93. The van der Waals surface area contributed by atoms with E-state index in [1.54, 1.807) is 0 Å². The first-order chi connectivity index (χ1) is 9.85. The molecule has 1 amide bonds. The second-order valence-corrected chi connectivity index (χ2v) is 6.00. The van der Waals surface area contributed by atoms with Gasteiger partial charge in [0.25, 0.3) is 0 Å². The number of para-hydroxylation sites is 1. The molecule has 0 aliphatic heterocycles. The lowest BCUT2D eigenvalue weighted by atomic mass is 10.0. The predicted octanol–water partition coefficient (Wildman–Crippen LogP) is 2.59. The molecule has 0 saturated carbocycles. The van der Waals surface area contributed by atoms with Crippen LogP contribution < -0.4 is 5.32 Å². The van der Waals surface area contributed by atoms with Crippen LogP contribution >= 0.6 is 0 Å². The van der Waals surface area contributed by atoms with E-state index >= 15 is 0 Å². The summed E-state index contributed by atoms with van der Waals surface area (Å²) in [5.41, 5.74) is 2.74. The van der Waals surface area contributed by atoms with Crippen molar-refractivity contribution < 1.29 is 9.90 Å². The molecule has 118 valence electrons. The lowest BCUT2D eigenvalue weighted by Crippen LogP contribution is -2.49. The maximum absolute atomic E-state index is 12.3. The van der Waals surface area contributed by atoms with Gasteiger partial charge in [-0.15, -0.1) is 0 Å². The number of likely N-dealkylation sites (N-methyl/N-ethyl adjacent to an activating group) is 1. The van der Waals surface area contributed by atoms with Crippen LogP contribution in [0.3, 0.4) is 0 Å². The fourth-order valence-corrected chi connectivity index (χ4v) is 2.41. The van der Waals surface area contributed by atoms with Gasteiger partial charge in [-0.25, -0.2) is 0 Å². The van der Waals surface area contributed by atoms with E-state index in [1.807, 2.05) is 50.8 Å². The Hall–Kier alpha value is -1.39. The van der Waals surface area contributed by atoms with Crippen LogP contribution in [-0.4, -0.2) is 41.1 Å². The minimum absolute atomic E-state index is 0.0265. The molecule has 0 radical (unpaired) electrons. The van der Waals surface area contributed by atoms with Gasteiger partial charge in [-0.05, 0) is 44.9 Å². The van der Waals surface area contributed by atoms with Gasteiger partial charge in [0, 0.05) is 11.2 Å². The summed E-state index contributed by atoms with van der Waals surface area (Å²) in [5, 5.41) is 12.5. The van der Waals surface area contributed by atoms with Crippen molar-refractivity contribution in [1.82, 2.24) is 4.90 Å². The molecule has 1 aromatic carbocycles. The lowest BCUT2D eigenvalue weighted by Gasteiger charge is -2.35. The van der Waals surface area contributed by atoms with Crippen molar-refractivity contribution in [2.24, 2.45) is 0 Å². The minimum Gasteiger partial charge on any atom is -0.394 e. The van der Waals surface area contributed by atoms with Gasteiger partial charge in [0.15, 0.2) is 0 Å². The number of aliphatic hydroxyl groups is 1. The molecule has 21 heavy (non-hydrogen) atoms. The summed E-state index contributed by atoms with van der Waals surface area (Å²) in [6.07, 6.45) is 0.886. The van der Waals surface area contributed by atoms with Crippen molar-refractivity contribution in [1.29, 1.82) is 0 Å². The van der Waals surface area contributed by atoms with Crippen LogP contribution in [0, 0.1) is 6.92 Å². The number of aliphatic hydroxyl groups excluding tert-OH is 1. The molecule has 1 rings (SSSR count). The van der Waals surface area contributed by atoms with Gasteiger partial charge in [-0.1, -0.05) is 32.0 Å². The van der Waals surface area contributed by atoms with Gasteiger partial charge in [0.1, 0.15) is 0 Å². The molecule has 0 fully saturated rings. The first-order valence-corrected chi connectivity index (χ1v) is 7.60. The third-order valence-corrected chi connectivity index (χ3v) is 3.96. The summed E-state index contributed by atoms with van der Waals surface area (Å²) in [5.74, 6) is -0.0395. The van der Waals surface area contributed by atoms with Crippen LogP contribution in [-0.2, 0) is 11.2 Å². The number of nitrogens with one attached hydrogen (secondary N) is 1. The number of rotatable bonds is 7. The number of carbonyl (C=O) groups is 1. The van der Waals surface area contributed by atoms with E-state index in [9.17, 15) is 9.90 Å². The van der Waals surface area contributed by atoms with Crippen LogP contribution in [0.2, 0.25) is 0 Å². The van der Waals surface area contributed by atoms with E-state index in [-0.39, 0.29) is 19.1 Å². The molecule has 0 atom stereocenters. The Labute approximate surface area is 128 Å². The highest BCUT2D eigenvalue weighted by Crippen LogP contribution is 2.21. The van der Waals surface area contributed by atoms with Crippen LogP contribution in [0.4, 0.5) is 5.69 Å². The zero-order valence-corrected chi connectivity index (χ0v) is 13.9. The minimum atomic E-state index is -0.397. The highest BCUT2D eigenvalue weighted by atomic mass is 16.3. The maximum atomic E-state index is 12.3. The molecule has 0 bridgehead atoms. The van der Waals surface area contributed by atoms with Gasteiger partial charge in [-0.3, -0.25) is 9.69 Å². The molecule has 4 heteroatoms. The number of hydrogen-bond donors (Lipinski definition) is 2. The third kappa shape index (κ3) is 4.55. The Morgan fingerprint density at radius 1 is 1.33 bits per heavy atom. The molecular formula is C17H28N2O2. The van der Waals surface area contributed by atoms with E-state index in [4.69, 9.17) is 0 Å². The molecule has 0 unspecified atom stereocenters. The van der Waals surface area contributed by atoms with Gasteiger partial charge < -0.3 is 10.4 Å². The van der Waals surface area contributed by atoms with E-state index in [2.05, 4.69) is 12.2 Å². The standard InChI is InChI=1S/C17H28N2O2/c1-6-14-10-8-9-13(3)16(14)18-15(21)11-19(7-2)17(4,5)12-20/h8-10,20H,6-7,11-12H2,1-5H3,(H,18,21). The molecule has 0 aromatic heterocycles. The SMILES string of the molecule is CCc1cccc(C)c1NC(=O)CN(CC)C(C)(C)CO. The summed E-state index contributed by atoms with van der Waals surface area (Å²) in [6.45, 7) is 11.0. The van der Waals surface area contributed by atoms with Gasteiger partial charge in [0.2, 0.25) is 5.91 Å². The van der Waals surface area contributed by atoms with E-state index < -0.39 is 5.54 Å². The summed E-state index contributed by atoms with van der Waals surface area (Å²) >= 11 is 0. The van der Waals surface area contributed by atoms with Gasteiger partial charge >= 0.3 is 0 Å².